The van der Waals surface area contributed by atoms with Crippen LogP contribution in [0.2, 0.25) is 0 Å². The summed E-state index contributed by atoms with van der Waals surface area (Å²) >= 11 is 0. The molecule has 2 aromatic rings. The Balaban J connectivity index is 1.65. The molecule has 0 bridgehead atoms. The SMILES string of the molecule is CCCCCCC(=O)N(CC(=O)N(CCc1ccc(OC)c(OC)c1)Cc1ccco1)C1CC1. The Kier molecular flexibility index (Phi) is 9.86. The van der Waals surface area contributed by atoms with Crippen LogP contribution in [0.4, 0.5) is 0 Å². The fourth-order valence-electron chi connectivity index (χ4n) is 4.08. The summed E-state index contributed by atoms with van der Waals surface area (Å²) in [5.74, 6) is 2.12. The molecule has 34 heavy (non-hydrogen) atoms. The van der Waals surface area contributed by atoms with Crippen LogP contribution in [0.1, 0.15) is 63.2 Å². The standard InChI is InChI=1S/C27H38N2O5/c1-4-5-6-7-10-26(30)29(22-12-13-22)20-27(31)28(19-23-9-8-17-34-23)16-15-21-11-14-24(32-2)25(18-21)33-3/h8-9,11,14,17-18,22H,4-7,10,12-13,15-16,19-20H2,1-3H3. The van der Waals surface area contributed by atoms with Crippen molar-refractivity contribution in [1.29, 1.82) is 0 Å². The van der Waals surface area contributed by atoms with E-state index in [0.717, 1.165) is 49.8 Å². The molecule has 1 aromatic carbocycles. The Morgan fingerprint density at radius 2 is 1.82 bits per heavy atom. The van der Waals surface area contributed by atoms with Crippen molar-refractivity contribution < 1.29 is 23.5 Å². The molecular weight excluding hydrogens is 432 g/mol. The highest BCUT2D eigenvalue weighted by molar-refractivity contribution is 5.85. The molecule has 1 aromatic heterocycles. The number of unbranched alkanes of at least 4 members (excludes halogenated alkanes) is 3. The molecule has 0 aliphatic heterocycles. The maximum Gasteiger partial charge on any atom is 0.242 e. The summed E-state index contributed by atoms with van der Waals surface area (Å²) in [6, 6.07) is 9.69. The molecule has 1 fully saturated rings. The van der Waals surface area contributed by atoms with Gasteiger partial charge in [0.2, 0.25) is 11.8 Å². The van der Waals surface area contributed by atoms with Crippen LogP contribution in [0.15, 0.2) is 41.0 Å². The van der Waals surface area contributed by atoms with E-state index in [1.165, 1.54) is 0 Å². The van der Waals surface area contributed by atoms with Gasteiger partial charge in [0.1, 0.15) is 12.3 Å². The summed E-state index contributed by atoms with van der Waals surface area (Å²) in [7, 11) is 3.22. The molecular formula is C27H38N2O5. The van der Waals surface area contributed by atoms with Crippen molar-refractivity contribution in [1.82, 2.24) is 9.80 Å². The Morgan fingerprint density at radius 1 is 1.03 bits per heavy atom. The zero-order valence-corrected chi connectivity index (χ0v) is 20.8. The third kappa shape index (κ3) is 7.54. The van der Waals surface area contributed by atoms with E-state index in [9.17, 15) is 9.59 Å². The van der Waals surface area contributed by atoms with Crippen molar-refractivity contribution in [2.45, 2.75) is 70.9 Å². The first-order valence-electron chi connectivity index (χ1n) is 12.4. The zero-order valence-electron chi connectivity index (χ0n) is 20.8. The van der Waals surface area contributed by atoms with E-state index >= 15 is 0 Å². The van der Waals surface area contributed by atoms with Crippen LogP contribution < -0.4 is 9.47 Å². The van der Waals surface area contributed by atoms with Gasteiger partial charge in [-0.25, -0.2) is 0 Å². The lowest BCUT2D eigenvalue weighted by Gasteiger charge is -2.27. The molecule has 0 unspecified atom stereocenters. The van der Waals surface area contributed by atoms with E-state index in [-0.39, 0.29) is 24.4 Å². The highest BCUT2D eigenvalue weighted by atomic mass is 16.5. The van der Waals surface area contributed by atoms with Crippen molar-refractivity contribution in [3.05, 3.63) is 47.9 Å². The number of carbonyl (C=O) groups is 2. The van der Waals surface area contributed by atoms with Crippen LogP contribution in [-0.2, 0) is 22.6 Å². The molecule has 3 rings (SSSR count). The van der Waals surface area contributed by atoms with Crippen LogP contribution in [0.3, 0.4) is 0 Å². The van der Waals surface area contributed by atoms with Gasteiger partial charge in [-0.3, -0.25) is 9.59 Å². The molecule has 7 nitrogen and oxygen atoms in total. The number of furan rings is 1. The maximum absolute atomic E-state index is 13.4. The molecule has 0 radical (unpaired) electrons. The number of ether oxygens (including phenoxy) is 2. The van der Waals surface area contributed by atoms with Crippen LogP contribution in [0.25, 0.3) is 0 Å². The van der Waals surface area contributed by atoms with E-state index in [2.05, 4.69) is 6.92 Å². The lowest BCUT2D eigenvalue weighted by molar-refractivity contribution is -0.141. The van der Waals surface area contributed by atoms with Crippen LogP contribution in [0, 0.1) is 0 Å². The predicted molar refractivity (Wildman–Crippen MR) is 131 cm³/mol. The van der Waals surface area contributed by atoms with Gasteiger partial charge in [-0.2, -0.15) is 0 Å². The number of carbonyl (C=O) groups excluding carboxylic acids is 2. The highest BCUT2D eigenvalue weighted by Crippen LogP contribution is 2.29. The third-order valence-corrected chi connectivity index (χ3v) is 6.26. The first kappa shape index (κ1) is 25.7. The van der Waals surface area contributed by atoms with Crippen LogP contribution >= 0.6 is 0 Å². The Hall–Kier alpha value is -2.96. The molecule has 2 amide bonds. The second kappa shape index (κ2) is 13.1. The monoisotopic (exact) mass is 470 g/mol. The summed E-state index contributed by atoms with van der Waals surface area (Å²) in [5.41, 5.74) is 1.04. The molecule has 0 spiro atoms. The molecule has 186 valence electrons. The van der Waals surface area contributed by atoms with Gasteiger partial charge in [0.25, 0.3) is 0 Å². The number of rotatable bonds is 15. The highest BCUT2D eigenvalue weighted by Gasteiger charge is 2.34. The molecule has 0 saturated heterocycles. The van der Waals surface area contributed by atoms with Gasteiger partial charge in [-0.15, -0.1) is 0 Å². The number of nitrogens with zero attached hydrogens (tertiary/aromatic N) is 2. The first-order chi connectivity index (χ1) is 16.5. The Labute approximate surface area is 203 Å². The van der Waals surface area contributed by atoms with E-state index in [1.54, 1.807) is 30.3 Å². The van der Waals surface area contributed by atoms with E-state index in [0.29, 0.717) is 37.4 Å². The average molecular weight is 471 g/mol. The van der Waals surface area contributed by atoms with Gasteiger partial charge in [-0.05, 0) is 55.5 Å². The minimum atomic E-state index is -0.0503. The molecule has 1 heterocycles. The fourth-order valence-corrected chi connectivity index (χ4v) is 4.08. The van der Waals surface area contributed by atoms with Gasteiger partial charge in [-0.1, -0.05) is 32.3 Å². The second-order valence-corrected chi connectivity index (χ2v) is 8.90. The number of amides is 2. The summed E-state index contributed by atoms with van der Waals surface area (Å²) in [6.07, 6.45) is 8.99. The van der Waals surface area contributed by atoms with E-state index < -0.39 is 0 Å². The maximum atomic E-state index is 13.4. The van der Waals surface area contributed by atoms with E-state index in [4.69, 9.17) is 13.9 Å². The molecule has 1 aliphatic rings. The number of hydrogen-bond donors (Lipinski definition) is 0. The van der Waals surface area contributed by atoms with Gasteiger partial charge in [0.05, 0.1) is 27.0 Å². The van der Waals surface area contributed by atoms with Gasteiger partial charge in [0, 0.05) is 19.0 Å². The summed E-state index contributed by atoms with van der Waals surface area (Å²) < 4.78 is 16.2. The van der Waals surface area contributed by atoms with Crippen LogP contribution in [-0.4, -0.2) is 55.0 Å². The van der Waals surface area contributed by atoms with Crippen LogP contribution in [0.5, 0.6) is 11.5 Å². The lowest BCUT2D eigenvalue weighted by Crippen LogP contribution is -2.44. The second-order valence-electron chi connectivity index (χ2n) is 8.90. The van der Waals surface area contributed by atoms with Gasteiger partial charge >= 0.3 is 0 Å². The smallest absolute Gasteiger partial charge is 0.242 e. The minimum Gasteiger partial charge on any atom is -0.493 e. The van der Waals surface area contributed by atoms with Crippen molar-refractivity contribution >= 4 is 11.8 Å². The molecule has 0 N–H and O–H groups in total. The Bertz CT molecular complexity index is 908. The number of hydrogen-bond acceptors (Lipinski definition) is 5. The van der Waals surface area contributed by atoms with Gasteiger partial charge < -0.3 is 23.7 Å². The molecule has 7 heteroatoms. The van der Waals surface area contributed by atoms with Crippen molar-refractivity contribution in [3.63, 3.8) is 0 Å². The average Bonchev–Trinajstić information content (AvgIpc) is 3.57. The fraction of sp³-hybridized carbons (Fsp3) is 0.556. The summed E-state index contributed by atoms with van der Waals surface area (Å²) in [4.78, 5) is 29.9. The normalized spacial score (nSPS) is 12.9. The largest absolute Gasteiger partial charge is 0.493 e. The quantitative estimate of drug-likeness (QED) is 0.349. The molecule has 0 atom stereocenters. The summed E-state index contributed by atoms with van der Waals surface area (Å²) in [5, 5.41) is 0. The first-order valence-corrected chi connectivity index (χ1v) is 12.4. The van der Waals surface area contributed by atoms with Crippen molar-refractivity contribution in [2.24, 2.45) is 0 Å². The zero-order chi connectivity index (χ0) is 24.3. The minimum absolute atomic E-state index is 0.0503. The van der Waals surface area contributed by atoms with E-state index in [1.807, 2.05) is 30.3 Å². The van der Waals surface area contributed by atoms with Gasteiger partial charge in [0.15, 0.2) is 11.5 Å². The lowest BCUT2D eigenvalue weighted by atomic mass is 10.1. The third-order valence-electron chi connectivity index (χ3n) is 6.26. The topological polar surface area (TPSA) is 72.2 Å². The van der Waals surface area contributed by atoms with Crippen molar-refractivity contribution in [3.8, 4) is 11.5 Å². The summed E-state index contributed by atoms with van der Waals surface area (Å²) in [6.45, 7) is 3.18. The molecule has 1 aliphatic carbocycles. The number of methoxy groups -OCH3 is 2. The van der Waals surface area contributed by atoms with Crippen molar-refractivity contribution in [2.75, 3.05) is 27.3 Å². The number of benzene rings is 1. The Morgan fingerprint density at radius 3 is 2.47 bits per heavy atom. The predicted octanol–water partition coefficient (Wildman–Crippen LogP) is 4.83. The molecule has 1 saturated carbocycles.